The zero-order valence-electron chi connectivity index (χ0n) is 25.3. The van der Waals surface area contributed by atoms with Crippen molar-refractivity contribution in [1.82, 2.24) is 29.7 Å². The summed E-state index contributed by atoms with van der Waals surface area (Å²) >= 11 is 6.07. The molecule has 0 spiro atoms. The molecule has 2 aromatic carbocycles. The van der Waals surface area contributed by atoms with E-state index in [2.05, 4.69) is 48.2 Å². The Balaban J connectivity index is 1.15. The van der Waals surface area contributed by atoms with Crippen LogP contribution in [-0.2, 0) is 16.9 Å². The van der Waals surface area contributed by atoms with Crippen molar-refractivity contribution < 1.29 is 18.7 Å². The zero-order chi connectivity index (χ0) is 30.9. The van der Waals surface area contributed by atoms with E-state index in [0.29, 0.717) is 49.2 Å². The lowest BCUT2D eigenvalue weighted by Crippen LogP contribution is -2.62. The number of urea groups is 1. The minimum Gasteiger partial charge on any atom is -0.495 e. The Morgan fingerprint density at radius 3 is 2.37 bits per heavy atom. The molecule has 2 aliphatic rings. The normalized spacial score (nSPS) is 20.8. The average molecular weight is 612 g/mol. The lowest BCUT2D eigenvalue weighted by atomic mass is 9.89. The van der Waals surface area contributed by atoms with Crippen LogP contribution in [-0.4, -0.2) is 87.0 Å². The molecule has 1 aromatic heterocycles. The van der Waals surface area contributed by atoms with Crippen molar-refractivity contribution in [1.29, 1.82) is 0 Å². The van der Waals surface area contributed by atoms with E-state index in [1.54, 1.807) is 35.2 Å². The Hall–Kier alpha value is -3.70. The number of benzene rings is 2. The van der Waals surface area contributed by atoms with Gasteiger partial charge in [0.25, 0.3) is 0 Å². The summed E-state index contributed by atoms with van der Waals surface area (Å²) in [6.45, 7) is 10.9. The van der Waals surface area contributed by atoms with E-state index in [1.807, 2.05) is 15.8 Å². The van der Waals surface area contributed by atoms with E-state index in [0.717, 1.165) is 17.7 Å². The van der Waals surface area contributed by atoms with E-state index < -0.39 is 5.54 Å². The molecule has 0 saturated carbocycles. The first kappa shape index (κ1) is 30.7. The largest absolute Gasteiger partial charge is 0.495 e. The molecule has 3 amide bonds. The Bertz CT molecular complexity index is 1450. The molecular weight excluding hydrogens is 573 g/mol. The molecule has 12 heteroatoms. The molecule has 3 aromatic rings. The molecule has 2 fully saturated rings. The van der Waals surface area contributed by atoms with E-state index >= 15 is 0 Å². The molecule has 1 unspecified atom stereocenters. The maximum absolute atomic E-state index is 13.5. The van der Waals surface area contributed by atoms with Crippen LogP contribution < -0.4 is 10.1 Å². The number of hydrogen-bond acceptors (Lipinski definition) is 6. The molecule has 230 valence electrons. The second-order valence-electron chi connectivity index (χ2n) is 11.8. The molecule has 2 saturated heterocycles. The summed E-state index contributed by atoms with van der Waals surface area (Å²) in [5, 5.41) is 12.2. The summed E-state index contributed by atoms with van der Waals surface area (Å²) in [6.07, 6.45) is 2.74. The van der Waals surface area contributed by atoms with E-state index in [9.17, 15) is 14.0 Å². The van der Waals surface area contributed by atoms with Crippen LogP contribution in [0.25, 0.3) is 0 Å². The SMILES string of the molecule is CCC(C)(c1ccc(F)cc1)n1cc(CN2[C@H](C)CN(C(=O)C3CN(C(=O)Nc4cc(Cl)ccc4OC)C3)C[C@@H]2C)nn1. The Labute approximate surface area is 256 Å². The second-order valence-corrected chi connectivity index (χ2v) is 12.2. The Kier molecular flexibility index (Phi) is 8.94. The van der Waals surface area contributed by atoms with Crippen LogP contribution in [0.2, 0.25) is 5.02 Å². The van der Waals surface area contributed by atoms with Gasteiger partial charge in [0, 0.05) is 49.8 Å². The number of methoxy groups -OCH3 is 1. The number of nitrogens with one attached hydrogen (secondary N) is 1. The van der Waals surface area contributed by atoms with Gasteiger partial charge in [0.2, 0.25) is 5.91 Å². The minimum absolute atomic E-state index is 0.0756. The van der Waals surface area contributed by atoms with Crippen molar-refractivity contribution in [3.05, 3.63) is 70.8 Å². The molecule has 1 N–H and O–H groups in total. The number of rotatable bonds is 8. The van der Waals surface area contributed by atoms with Crippen molar-refractivity contribution >= 4 is 29.2 Å². The van der Waals surface area contributed by atoms with E-state index in [-0.39, 0.29) is 35.8 Å². The Morgan fingerprint density at radius 1 is 1.07 bits per heavy atom. The molecule has 2 aliphatic heterocycles. The highest BCUT2D eigenvalue weighted by Crippen LogP contribution is 2.31. The molecule has 3 atom stereocenters. The quantitative estimate of drug-likeness (QED) is 0.392. The fraction of sp³-hybridized carbons (Fsp3) is 0.484. The lowest BCUT2D eigenvalue weighted by molar-refractivity contribution is -0.144. The number of piperazine rings is 1. The number of amides is 3. The number of carbonyl (C=O) groups excluding carboxylic acids is 2. The predicted molar refractivity (Wildman–Crippen MR) is 163 cm³/mol. The van der Waals surface area contributed by atoms with Crippen molar-refractivity contribution in [2.24, 2.45) is 5.92 Å². The molecule has 43 heavy (non-hydrogen) atoms. The van der Waals surface area contributed by atoms with Gasteiger partial charge in [-0.15, -0.1) is 5.10 Å². The molecule has 10 nitrogen and oxygen atoms in total. The topological polar surface area (TPSA) is 95.8 Å². The lowest BCUT2D eigenvalue weighted by Gasteiger charge is -2.47. The van der Waals surface area contributed by atoms with Gasteiger partial charge in [0.1, 0.15) is 11.6 Å². The van der Waals surface area contributed by atoms with Gasteiger partial charge in [0.05, 0.1) is 36.1 Å². The molecule has 5 rings (SSSR count). The monoisotopic (exact) mass is 611 g/mol. The van der Waals surface area contributed by atoms with Gasteiger partial charge in [0.15, 0.2) is 0 Å². The summed E-state index contributed by atoms with van der Waals surface area (Å²) in [5.41, 5.74) is 1.85. The number of anilines is 1. The molecule has 3 heterocycles. The first-order chi connectivity index (χ1) is 20.5. The number of nitrogens with zero attached hydrogens (tertiary/aromatic N) is 6. The number of carbonyl (C=O) groups is 2. The van der Waals surface area contributed by atoms with Crippen molar-refractivity contribution in [3.63, 3.8) is 0 Å². The molecular formula is C31H39ClFN7O3. The highest BCUT2D eigenvalue weighted by Gasteiger charge is 2.41. The minimum atomic E-state index is -0.449. The highest BCUT2D eigenvalue weighted by molar-refractivity contribution is 6.31. The van der Waals surface area contributed by atoms with Gasteiger partial charge in [-0.3, -0.25) is 9.69 Å². The molecule has 0 bridgehead atoms. The molecule has 0 radical (unpaired) electrons. The van der Waals surface area contributed by atoms with Crippen LogP contribution >= 0.6 is 11.6 Å². The smallest absolute Gasteiger partial charge is 0.321 e. The standard InChI is InChI=1S/C31H39ClFN7O3/c1-6-31(4,23-7-10-25(33)11-8-23)40-19-26(35-36-40)18-39-20(2)14-37(15-21(39)3)29(41)22-16-38(17-22)30(42)34-27-13-24(32)9-12-28(27)43-5/h7-13,19-22H,6,14-18H2,1-5H3,(H,34,42)/t20-,21+,31?. The van der Waals surface area contributed by atoms with Crippen molar-refractivity contribution in [2.45, 2.75) is 58.3 Å². The third-order valence-corrected chi connectivity index (χ3v) is 9.12. The van der Waals surface area contributed by atoms with Gasteiger partial charge in [-0.1, -0.05) is 35.9 Å². The first-order valence-corrected chi connectivity index (χ1v) is 15.0. The fourth-order valence-electron chi connectivity index (χ4n) is 5.99. The third-order valence-electron chi connectivity index (χ3n) is 8.88. The average Bonchev–Trinajstić information content (AvgIpc) is 3.43. The second kappa shape index (κ2) is 12.5. The van der Waals surface area contributed by atoms with Gasteiger partial charge >= 0.3 is 6.03 Å². The number of likely N-dealkylation sites (tertiary alicyclic amines) is 1. The predicted octanol–water partition coefficient (Wildman–Crippen LogP) is 4.84. The van der Waals surface area contributed by atoms with Crippen molar-refractivity contribution in [2.75, 3.05) is 38.6 Å². The van der Waals surface area contributed by atoms with E-state index in [1.165, 1.54) is 19.2 Å². The summed E-state index contributed by atoms with van der Waals surface area (Å²) in [7, 11) is 1.53. The zero-order valence-corrected chi connectivity index (χ0v) is 26.0. The van der Waals surface area contributed by atoms with Crippen LogP contribution in [0.5, 0.6) is 5.75 Å². The number of ether oxygens (including phenoxy) is 1. The molecule has 0 aliphatic carbocycles. The first-order valence-electron chi connectivity index (χ1n) is 14.6. The van der Waals surface area contributed by atoms with Gasteiger partial charge < -0.3 is 19.9 Å². The summed E-state index contributed by atoms with van der Waals surface area (Å²) in [4.78, 5) is 32.0. The number of hydrogen-bond donors (Lipinski definition) is 1. The van der Waals surface area contributed by atoms with Crippen LogP contribution in [0.4, 0.5) is 14.9 Å². The fourth-order valence-corrected chi connectivity index (χ4v) is 6.16. The number of halogens is 2. The van der Waals surface area contributed by atoms with Gasteiger partial charge in [-0.2, -0.15) is 0 Å². The maximum atomic E-state index is 13.5. The summed E-state index contributed by atoms with van der Waals surface area (Å²) in [5.74, 6) is 0.0985. The van der Waals surface area contributed by atoms with Crippen LogP contribution in [0, 0.1) is 11.7 Å². The van der Waals surface area contributed by atoms with Crippen molar-refractivity contribution in [3.8, 4) is 5.75 Å². The highest BCUT2D eigenvalue weighted by atomic mass is 35.5. The third kappa shape index (κ3) is 6.33. The van der Waals surface area contributed by atoms with E-state index in [4.69, 9.17) is 16.3 Å². The van der Waals surface area contributed by atoms with Crippen LogP contribution in [0.1, 0.15) is 45.4 Å². The number of aromatic nitrogens is 3. The van der Waals surface area contributed by atoms with Crippen LogP contribution in [0.3, 0.4) is 0 Å². The maximum Gasteiger partial charge on any atom is 0.321 e. The Morgan fingerprint density at radius 2 is 1.74 bits per heavy atom. The summed E-state index contributed by atoms with van der Waals surface area (Å²) in [6, 6.07) is 11.5. The van der Waals surface area contributed by atoms with Gasteiger partial charge in [-0.05, 0) is 63.1 Å². The van der Waals surface area contributed by atoms with Crippen LogP contribution in [0.15, 0.2) is 48.7 Å². The van der Waals surface area contributed by atoms with Gasteiger partial charge in [-0.25, -0.2) is 13.9 Å². The summed E-state index contributed by atoms with van der Waals surface area (Å²) < 4.78 is 20.7.